The Balaban J connectivity index is 2.61. The highest BCUT2D eigenvalue weighted by Gasteiger charge is 2.09. The Bertz CT molecular complexity index is 568. The maximum atomic E-state index is 11.7. The Morgan fingerprint density at radius 3 is 2.61 bits per heavy atom. The van der Waals surface area contributed by atoms with Crippen molar-refractivity contribution in [2.24, 2.45) is 0 Å². The fourth-order valence-electron chi connectivity index (χ4n) is 1.80. The highest BCUT2D eigenvalue weighted by atomic mass is 16.5. The summed E-state index contributed by atoms with van der Waals surface area (Å²) >= 11 is 0. The van der Waals surface area contributed by atoms with Gasteiger partial charge in [0, 0.05) is 17.7 Å². The molecule has 1 amide bonds. The van der Waals surface area contributed by atoms with Crippen LogP contribution in [0.5, 0.6) is 11.5 Å². The molecule has 0 fully saturated rings. The van der Waals surface area contributed by atoms with E-state index in [4.69, 9.17) is 14.2 Å². The molecule has 1 rings (SSSR count). The molecule has 6 nitrogen and oxygen atoms in total. The van der Waals surface area contributed by atoms with Crippen molar-refractivity contribution < 1.29 is 23.8 Å². The molecule has 0 spiro atoms. The molecule has 6 heteroatoms. The number of methoxy groups -OCH3 is 2. The van der Waals surface area contributed by atoms with Crippen molar-refractivity contribution in [3.8, 4) is 11.5 Å². The van der Waals surface area contributed by atoms with Gasteiger partial charge in [0.25, 0.3) is 5.91 Å². The molecule has 0 saturated heterocycles. The van der Waals surface area contributed by atoms with Crippen LogP contribution in [0.15, 0.2) is 24.3 Å². The highest BCUT2D eigenvalue weighted by Crippen LogP contribution is 2.31. The van der Waals surface area contributed by atoms with Crippen molar-refractivity contribution in [2.75, 3.05) is 20.8 Å². The Morgan fingerprint density at radius 1 is 1.26 bits per heavy atom. The van der Waals surface area contributed by atoms with Crippen LogP contribution in [0.1, 0.15) is 25.8 Å². The fourth-order valence-corrected chi connectivity index (χ4v) is 1.80. The lowest BCUT2D eigenvalue weighted by Gasteiger charge is -2.11. The van der Waals surface area contributed by atoms with Gasteiger partial charge in [0.15, 0.2) is 18.1 Å². The van der Waals surface area contributed by atoms with E-state index in [0.29, 0.717) is 17.1 Å². The predicted molar refractivity (Wildman–Crippen MR) is 87.4 cm³/mol. The van der Waals surface area contributed by atoms with Gasteiger partial charge in [0.1, 0.15) is 0 Å². The topological polar surface area (TPSA) is 73.9 Å². The van der Waals surface area contributed by atoms with E-state index in [9.17, 15) is 9.59 Å². The third kappa shape index (κ3) is 6.02. The molecule has 0 heterocycles. The van der Waals surface area contributed by atoms with Crippen LogP contribution in [0.4, 0.5) is 0 Å². The molecule has 1 aromatic carbocycles. The fraction of sp³-hybridized carbons (Fsp3) is 0.412. The van der Waals surface area contributed by atoms with Crippen LogP contribution in [-0.2, 0) is 14.3 Å². The second kappa shape index (κ2) is 9.50. The second-order valence-electron chi connectivity index (χ2n) is 4.90. The summed E-state index contributed by atoms with van der Waals surface area (Å²) in [5.41, 5.74) is 0.674. The number of hydrogen-bond donors (Lipinski definition) is 1. The molecule has 1 atom stereocenters. The van der Waals surface area contributed by atoms with Crippen molar-refractivity contribution in [3.05, 3.63) is 29.8 Å². The lowest BCUT2D eigenvalue weighted by Crippen LogP contribution is -2.35. The number of esters is 1. The molecule has 1 unspecified atom stereocenters. The van der Waals surface area contributed by atoms with Gasteiger partial charge >= 0.3 is 5.97 Å². The summed E-state index contributed by atoms with van der Waals surface area (Å²) in [5.74, 6) is 0.166. The van der Waals surface area contributed by atoms with Gasteiger partial charge in [-0.15, -0.1) is 0 Å². The van der Waals surface area contributed by atoms with Crippen LogP contribution in [-0.4, -0.2) is 38.7 Å². The summed E-state index contributed by atoms with van der Waals surface area (Å²) in [6.07, 6.45) is 3.61. The van der Waals surface area contributed by atoms with Gasteiger partial charge in [0.05, 0.1) is 14.2 Å². The molecule has 0 radical (unpaired) electrons. The molecule has 23 heavy (non-hydrogen) atoms. The molecule has 0 aliphatic carbocycles. The van der Waals surface area contributed by atoms with Crippen molar-refractivity contribution in [1.29, 1.82) is 0 Å². The number of ether oxygens (including phenoxy) is 3. The van der Waals surface area contributed by atoms with Gasteiger partial charge < -0.3 is 19.5 Å². The minimum atomic E-state index is -0.603. The van der Waals surface area contributed by atoms with Crippen LogP contribution in [0.25, 0.3) is 6.08 Å². The van der Waals surface area contributed by atoms with Crippen molar-refractivity contribution in [3.63, 3.8) is 0 Å². The number of carbonyl (C=O) groups excluding carboxylic acids is 2. The first-order valence-electron chi connectivity index (χ1n) is 7.37. The van der Waals surface area contributed by atoms with Crippen LogP contribution in [0.2, 0.25) is 0 Å². The smallest absolute Gasteiger partial charge is 0.331 e. The van der Waals surface area contributed by atoms with Crippen LogP contribution in [0.3, 0.4) is 0 Å². The third-order valence-electron chi connectivity index (χ3n) is 3.20. The number of benzene rings is 1. The predicted octanol–water partition coefficient (Wildman–Crippen LogP) is 2.17. The first-order chi connectivity index (χ1) is 11.0. The van der Waals surface area contributed by atoms with Crippen LogP contribution < -0.4 is 14.8 Å². The Hall–Kier alpha value is -2.50. The quantitative estimate of drug-likeness (QED) is 0.587. The summed E-state index contributed by atoms with van der Waals surface area (Å²) in [6, 6.07) is 5.37. The molecule has 0 aliphatic heterocycles. The van der Waals surface area contributed by atoms with E-state index in [2.05, 4.69) is 5.32 Å². The van der Waals surface area contributed by atoms with Crippen molar-refractivity contribution in [2.45, 2.75) is 26.3 Å². The second-order valence-corrected chi connectivity index (χ2v) is 4.90. The number of nitrogens with one attached hydrogen (secondary N) is 1. The molecule has 1 N–H and O–H groups in total. The molecular weight excluding hydrogens is 298 g/mol. The summed E-state index contributed by atoms with van der Waals surface area (Å²) in [6.45, 7) is 3.54. The van der Waals surface area contributed by atoms with E-state index in [1.54, 1.807) is 24.3 Å². The Morgan fingerprint density at radius 2 is 2.00 bits per heavy atom. The first kappa shape index (κ1) is 18.5. The zero-order chi connectivity index (χ0) is 17.2. The van der Waals surface area contributed by atoms with Gasteiger partial charge in [-0.2, -0.15) is 0 Å². The molecular formula is C17H23NO5. The van der Waals surface area contributed by atoms with E-state index in [0.717, 1.165) is 6.42 Å². The van der Waals surface area contributed by atoms with E-state index < -0.39 is 5.97 Å². The van der Waals surface area contributed by atoms with E-state index >= 15 is 0 Å². The SMILES string of the molecule is CCC(C)NC(=O)COC(=O)/C=C/c1cccc(OC)c1OC. The van der Waals surface area contributed by atoms with E-state index in [-0.39, 0.29) is 18.6 Å². The average Bonchev–Trinajstić information content (AvgIpc) is 2.57. The molecule has 0 saturated carbocycles. The van der Waals surface area contributed by atoms with Crippen LogP contribution in [0, 0.1) is 0 Å². The van der Waals surface area contributed by atoms with Gasteiger partial charge in [-0.3, -0.25) is 4.79 Å². The van der Waals surface area contributed by atoms with E-state index in [1.807, 2.05) is 13.8 Å². The maximum absolute atomic E-state index is 11.7. The summed E-state index contributed by atoms with van der Waals surface area (Å²) in [5, 5.41) is 2.72. The maximum Gasteiger partial charge on any atom is 0.331 e. The number of carbonyl (C=O) groups is 2. The minimum absolute atomic E-state index is 0.0535. The number of amides is 1. The summed E-state index contributed by atoms with van der Waals surface area (Å²) < 4.78 is 15.3. The first-order valence-corrected chi connectivity index (χ1v) is 7.37. The zero-order valence-electron chi connectivity index (χ0n) is 13.9. The molecule has 126 valence electrons. The molecule has 1 aromatic rings. The number of hydrogen-bond acceptors (Lipinski definition) is 5. The average molecular weight is 321 g/mol. The largest absolute Gasteiger partial charge is 0.493 e. The van der Waals surface area contributed by atoms with Gasteiger partial charge in [-0.25, -0.2) is 4.79 Å². The summed E-state index contributed by atoms with van der Waals surface area (Å²) in [7, 11) is 3.06. The lowest BCUT2D eigenvalue weighted by atomic mass is 10.1. The monoisotopic (exact) mass is 321 g/mol. The standard InChI is InChI=1S/C17H23NO5/c1-5-12(2)18-15(19)11-23-16(20)10-9-13-7-6-8-14(21-3)17(13)22-4/h6-10,12H,5,11H2,1-4H3,(H,18,19)/b10-9+. The Kier molecular flexibility index (Phi) is 7.66. The summed E-state index contributed by atoms with van der Waals surface area (Å²) in [4.78, 5) is 23.2. The van der Waals surface area contributed by atoms with Crippen molar-refractivity contribution in [1.82, 2.24) is 5.32 Å². The van der Waals surface area contributed by atoms with Crippen LogP contribution >= 0.6 is 0 Å². The number of rotatable bonds is 8. The minimum Gasteiger partial charge on any atom is -0.493 e. The van der Waals surface area contributed by atoms with Crippen molar-refractivity contribution >= 4 is 18.0 Å². The zero-order valence-corrected chi connectivity index (χ0v) is 13.9. The third-order valence-corrected chi connectivity index (χ3v) is 3.20. The van der Waals surface area contributed by atoms with Gasteiger partial charge in [0.2, 0.25) is 0 Å². The lowest BCUT2D eigenvalue weighted by molar-refractivity contribution is -0.144. The molecule has 0 aromatic heterocycles. The van der Waals surface area contributed by atoms with E-state index in [1.165, 1.54) is 20.3 Å². The molecule has 0 aliphatic rings. The number of para-hydroxylation sites is 1. The normalized spacial score (nSPS) is 11.8. The highest BCUT2D eigenvalue weighted by molar-refractivity contribution is 5.89. The Labute approximate surface area is 136 Å². The molecule has 0 bridgehead atoms. The van der Waals surface area contributed by atoms with Gasteiger partial charge in [-0.05, 0) is 25.5 Å². The van der Waals surface area contributed by atoms with Gasteiger partial charge in [-0.1, -0.05) is 19.1 Å².